The van der Waals surface area contributed by atoms with E-state index in [4.69, 9.17) is 5.73 Å². The van der Waals surface area contributed by atoms with E-state index >= 15 is 0 Å². The van der Waals surface area contributed by atoms with Crippen LogP contribution in [-0.2, 0) is 0 Å². The van der Waals surface area contributed by atoms with Gasteiger partial charge in [-0.3, -0.25) is 0 Å². The van der Waals surface area contributed by atoms with E-state index in [9.17, 15) is 0 Å². The van der Waals surface area contributed by atoms with Gasteiger partial charge in [0.15, 0.2) is 0 Å². The summed E-state index contributed by atoms with van der Waals surface area (Å²) >= 11 is 0. The average molecular weight is 219 g/mol. The van der Waals surface area contributed by atoms with Gasteiger partial charge < -0.3 is 5.73 Å². The fraction of sp³-hybridized carbons (Fsp3) is 0.600. The van der Waals surface area contributed by atoms with Crippen molar-refractivity contribution in [2.75, 3.05) is 6.54 Å². The summed E-state index contributed by atoms with van der Waals surface area (Å²) in [5.74, 6) is 1.36. The van der Waals surface area contributed by atoms with E-state index in [0.717, 1.165) is 18.9 Å². The first-order valence-corrected chi connectivity index (χ1v) is 6.31. The molecule has 0 fully saturated rings. The molecule has 0 saturated heterocycles. The Morgan fingerprint density at radius 3 is 2.31 bits per heavy atom. The zero-order chi connectivity index (χ0) is 12.1. The summed E-state index contributed by atoms with van der Waals surface area (Å²) in [6, 6.07) is 6.83. The summed E-state index contributed by atoms with van der Waals surface area (Å²) in [5, 5.41) is 0. The van der Waals surface area contributed by atoms with Gasteiger partial charge in [-0.1, -0.05) is 32.0 Å². The lowest BCUT2D eigenvalue weighted by Gasteiger charge is -2.19. The number of benzene rings is 1. The molecule has 2 N–H and O–H groups in total. The van der Waals surface area contributed by atoms with E-state index in [1.807, 2.05) is 0 Å². The predicted molar refractivity (Wildman–Crippen MR) is 71.8 cm³/mol. The first kappa shape index (κ1) is 13.2. The molecule has 0 aliphatic heterocycles. The van der Waals surface area contributed by atoms with Crippen molar-refractivity contribution in [3.05, 3.63) is 34.9 Å². The topological polar surface area (TPSA) is 26.0 Å². The van der Waals surface area contributed by atoms with Crippen molar-refractivity contribution in [3.8, 4) is 0 Å². The second kappa shape index (κ2) is 6.05. The van der Waals surface area contributed by atoms with E-state index in [-0.39, 0.29) is 0 Å². The molecule has 0 amide bonds. The van der Waals surface area contributed by atoms with Gasteiger partial charge in [0.1, 0.15) is 0 Å². The highest BCUT2D eigenvalue weighted by molar-refractivity contribution is 5.32. The third-order valence-corrected chi connectivity index (χ3v) is 3.27. The van der Waals surface area contributed by atoms with Gasteiger partial charge in [0, 0.05) is 0 Å². The normalized spacial score (nSPS) is 13.1. The van der Waals surface area contributed by atoms with Crippen LogP contribution in [0.4, 0.5) is 0 Å². The zero-order valence-electron chi connectivity index (χ0n) is 11.1. The molecule has 0 aliphatic rings. The van der Waals surface area contributed by atoms with Crippen LogP contribution >= 0.6 is 0 Å². The maximum atomic E-state index is 5.71. The highest BCUT2D eigenvalue weighted by Crippen LogP contribution is 2.28. The molecule has 0 radical (unpaired) electrons. The molecule has 1 nitrogen and oxygen atoms in total. The number of nitrogens with two attached hydrogens (primary N) is 1. The second-order valence-electron chi connectivity index (χ2n) is 5.25. The predicted octanol–water partition coefficient (Wildman–Crippen LogP) is 3.78. The van der Waals surface area contributed by atoms with Crippen molar-refractivity contribution in [2.24, 2.45) is 11.7 Å². The molecule has 1 aromatic rings. The number of hydrogen-bond donors (Lipinski definition) is 1. The highest BCUT2D eigenvalue weighted by Gasteiger charge is 2.13. The average Bonchev–Trinajstić information content (AvgIpc) is 2.21. The smallest absolute Gasteiger partial charge is 0.00714 e. The van der Waals surface area contributed by atoms with Gasteiger partial charge >= 0.3 is 0 Å². The molecule has 1 aromatic carbocycles. The molecule has 0 aliphatic carbocycles. The Morgan fingerprint density at radius 1 is 1.12 bits per heavy atom. The third-order valence-electron chi connectivity index (χ3n) is 3.27. The van der Waals surface area contributed by atoms with Gasteiger partial charge in [0.25, 0.3) is 0 Å². The fourth-order valence-corrected chi connectivity index (χ4v) is 2.21. The third kappa shape index (κ3) is 3.64. The molecule has 1 heteroatoms. The lowest BCUT2D eigenvalue weighted by atomic mass is 9.86. The maximum absolute atomic E-state index is 5.71. The molecular weight excluding hydrogens is 194 g/mol. The van der Waals surface area contributed by atoms with Gasteiger partial charge in [-0.25, -0.2) is 0 Å². The Balaban J connectivity index is 2.87. The molecule has 0 saturated carbocycles. The van der Waals surface area contributed by atoms with Crippen LogP contribution in [0.25, 0.3) is 0 Å². The van der Waals surface area contributed by atoms with Gasteiger partial charge in [-0.15, -0.1) is 0 Å². The Hall–Kier alpha value is -0.820. The SMILES string of the molecule is Cc1ccc(C(CCN)CC(C)C)cc1C. The fourth-order valence-electron chi connectivity index (χ4n) is 2.21. The number of rotatable bonds is 5. The van der Waals surface area contributed by atoms with E-state index in [2.05, 4.69) is 45.9 Å². The molecule has 0 spiro atoms. The van der Waals surface area contributed by atoms with E-state index < -0.39 is 0 Å². The van der Waals surface area contributed by atoms with Crippen LogP contribution in [0, 0.1) is 19.8 Å². The van der Waals surface area contributed by atoms with Gasteiger partial charge in [0.2, 0.25) is 0 Å². The van der Waals surface area contributed by atoms with Crippen molar-refractivity contribution in [1.29, 1.82) is 0 Å². The zero-order valence-corrected chi connectivity index (χ0v) is 11.1. The standard InChI is InChI=1S/C15H25N/c1-11(2)9-15(7-8-16)14-6-5-12(3)13(4)10-14/h5-6,10-11,15H,7-9,16H2,1-4H3. The van der Waals surface area contributed by atoms with Crippen molar-refractivity contribution in [3.63, 3.8) is 0 Å². The lowest BCUT2D eigenvalue weighted by Crippen LogP contribution is -2.10. The van der Waals surface area contributed by atoms with Crippen LogP contribution < -0.4 is 5.73 Å². The summed E-state index contributed by atoms with van der Waals surface area (Å²) in [6.07, 6.45) is 2.33. The van der Waals surface area contributed by atoms with Gasteiger partial charge in [0.05, 0.1) is 0 Å². The molecule has 0 aromatic heterocycles. The van der Waals surface area contributed by atoms with E-state index in [1.54, 1.807) is 0 Å². The van der Waals surface area contributed by atoms with Gasteiger partial charge in [-0.2, -0.15) is 0 Å². The molecule has 1 atom stereocenters. The summed E-state index contributed by atoms with van der Waals surface area (Å²) in [7, 11) is 0. The van der Waals surface area contributed by atoms with Crippen LogP contribution in [0.1, 0.15) is 49.3 Å². The van der Waals surface area contributed by atoms with E-state index in [1.165, 1.54) is 23.1 Å². The highest BCUT2D eigenvalue weighted by atomic mass is 14.5. The first-order valence-electron chi connectivity index (χ1n) is 6.31. The summed E-state index contributed by atoms with van der Waals surface area (Å²) < 4.78 is 0. The van der Waals surface area contributed by atoms with E-state index in [0.29, 0.717) is 5.92 Å². The maximum Gasteiger partial charge on any atom is -0.00714 e. The van der Waals surface area contributed by atoms with Gasteiger partial charge in [-0.05, 0) is 61.8 Å². The van der Waals surface area contributed by atoms with Crippen molar-refractivity contribution in [2.45, 2.75) is 46.5 Å². The second-order valence-corrected chi connectivity index (χ2v) is 5.25. The molecule has 0 bridgehead atoms. The molecule has 0 heterocycles. The largest absolute Gasteiger partial charge is 0.330 e. The monoisotopic (exact) mass is 219 g/mol. The summed E-state index contributed by atoms with van der Waals surface area (Å²) in [6.45, 7) is 9.70. The molecule has 16 heavy (non-hydrogen) atoms. The summed E-state index contributed by atoms with van der Waals surface area (Å²) in [5.41, 5.74) is 9.94. The van der Waals surface area contributed by atoms with Crippen LogP contribution in [0.3, 0.4) is 0 Å². The Morgan fingerprint density at radius 2 is 1.81 bits per heavy atom. The first-order chi connectivity index (χ1) is 7.54. The molecular formula is C15H25N. The minimum atomic E-state index is 0.629. The minimum Gasteiger partial charge on any atom is -0.330 e. The van der Waals surface area contributed by atoms with Crippen molar-refractivity contribution in [1.82, 2.24) is 0 Å². The van der Waals surface area contributed by atoms with Crippen LogP contribution in [0.2, 0.25) is 0 Å². The Kier molecular flexibility index (Phi) is 5.01. The Bertz CT molecular complexity index is 328. The molecule has 90 valence electrons. The molecule has 1 unspecified atom stereocenters. The van der Waals surface area contributed by atoms with Crippen LogP contribution in [0.5, 0.6) is 0 Å². The number of aryl methyl sites for hydroxylation is 2. The lowest BCUT2D eigenvalue weighted by molar-refractivity contribution is 0.480. The molecule has 1 rings (SSSR count). The summed E-state index contributed by atoms with van der Waals surface area (Å²) in [4.78, 5) is 0. The van der Waals surface area contributed by atoms with Crippen molar-refractivity contribution < 1.29 is 0 Å². The van der Waals surface area contributed by atoms with Crippen LogP contribution in [0.15, 0.2) is 18.2 Å². The number of hydrogen-bond acceptors (Lipinski definition) is 1. The minimum absolute atomic E-state index is 0.629. The Labute approximate surface area is 100 Å². The van der Waals surface area contributed by atoms with Crippen LogP contribution in [-0.4, -0.2) is 6.54 Å². The van der Waals surface area contributed by atoms with Crippen molar-refractivity contribution >= 4 is 0 Å². The quantitative estimate of drug-likeness (QED) is 0.801.